The number of piperidine rings is 1. The first-order chi connectivity index (χ1) is 9.70. The van der Waals surface area contributed by atoms with Gasteiger partial charge in [0.05, 0.1) is 11.9 Å². The van der Waals surface area contributed by atoms with Crippen LogP contribution in [0.3, 0.4) is 0 Å². The van der Waals surface area contributed by atoms with Crippen molar-refractivity contribution >= 4 is 17.7 Å². The smallest absolute Gasteiger partial charge is 0.232 e. The lowest BCUT2D eigenvalue weighted by molar-refractivity contribution is -0.132. The zero-order valence-corrected chi connectivity index (χ0v) is 13.4. The molecule has 2 rings (SSSR count). The van der Waals surface area contributed by atoms with Gasteiger partial charge < -0.3 is 15.4 Å². The van der Waals surface area contributed by atoms with Gasteiger partial charge in [0.1, 0.15) is 0 Å². The van der Waals surface area contributed by atoms with E-state index >= 15 is 0 Å². The summed E-state index contributed by atoms with van der Waals surface area (Å²) in [6.45, 7) is 4.60. The monoisotopic (exact) mass is 300 g/mol. The Morgan fingerprint density at radius 3 is 2.95 bits per heavy atom. The van der Waals surface area contributed by atoms with Crippen LogP contribution in [-0.2, 0) is 9.53 Å². The van der Waals surface area contributed by atoms with Crippen molar-refractivity contribution in [2.45, 2.75) is 51.2 Å². The van der Waals surface area contributed by atoms with Gasteiger partial charge in [0.2, 0.25) is 5.91 Å². The number of amides is 1. The standard InChI is InChI=1S/C15H28N2O2S/c1-12-5-6-17(13(8-12)9-16)15(18)11-20-10-14-4-2-3-7-19-14/h12-14H,2-11,16H2,1H3. The van der Waals surface area contributed by atoms with E-state index in [9.17, 15) is 4.79 Å². The fraction of sp³-hybridized carbons (Fsp3) is 0.933. The number of hydrogen-bond donors (Lipinski definition) is 1. The molecule has 2 aliphatic rings. The zero-order chi connectivity index (χ0) is 14.4. The number of carbonyl (C=O) groups is 1. The largest absolute Gasteiger partial charge is 0.377 e. The maximum absolute atomic E-state index is 12.3. The van der Waals surface area contributed by atoms with Crippen molar-refractivity contribution in [2.75, 3.05) is 31.2 Å². The van der Waals surface area contributed by atoms with E-state index in [1.807, 2.05) is 4.90 Å². The van der Waals surface area contributed by atoms with Crippen LogP contribution < -0.4 is 5.73 Å². The predicted octanol–water partition coefficient (Wildman–Crippen LogP) is 1.87. The van der Waals surface area contributed by atoms with Crippen molar-refractivity contribution in [1.82, 2.24) is 4.90 Å². The van der Waals surface area contributed by atoms with Gasteiger partial charge in [0.15, 0.2) is 0 Å². The van der Waals surface area contributed by atoms with Gasteiger partial charge in [-0.05, 0) is 38.0 Å². The van der Waals surface area contributed by atoms with Crippen LogP contribution in [-0.4, -0.2) is 54.2 Å². The number of nitrogens with zero attached hydrogens (tertiary/aromatic N) is 1. The first-order valence-electron chi connectivity index (χ1n) is 7.89. The lowest BCUT2D eigenvalue weighted by Gasteiger charge is -2.38. The minimum atomic E-state index is 0.248. The Bertz CT molecular complexity index is 308. The number of likely N-dealkylation sites (tertiary alicyclic amines) is 1. The van der Waals surface area contributed by atoms with Crippen molar-refractivity contribution < 1.29 is 9.53 Å². The maximum Gasteiger partial charge on any atom is 0.232 e. The molecular formula is C15H28N2O2S. The van der Waals surface area contributed by atoms with Crippen LogP contribution in [0.4, 0.5) is 0 Å². The molecule has 3 unspecified atom stereocenters. The molecule has 0 saturated carbocycles. The van der Waals surface area contributed by atoms with E-state index in [0.717, 1.165) is 38.2 Å². The Labute approximate surface area is 126 Å². The van der Waals surface area contributed by atoms with Crippen LogP contribution in [0.2, 0.25) is 0 Å². The van der Waals surface area contributed by atoms with Gasteiger partial charge in [-0.25, -0.2) is 0 Å². The summed E-state index contributed by atoms with van der Waals surface area (Å²) in [7, 11) is 0. The topological polar surface area (TPSA) is 55.6 Å². The molecular weight excluding hydrogens is 272 g/mol. The van der Waals surface area contributed by atoms with E-state index in [4.69, 9.17) is 10.5 Å². The molecule has 0 aliphatic carbocycles. The van der Waals surface area contributed by atoms with Crippen LogP contribution in [0.15, 0.2) is 0 Å². The average molecular weight is 300 g/mol. The third kappa shape index (κ3) is 4.64. The molecule has 2 heterocycles. The number of hydrogen-bond acceptors (Lipinski definition) is 4. The van der Waals surface area contributed by atoms with Crippen molar-refractivity contribution in [2.24, 2.45) is 11.7 Å². The quantitative estimate of drug-likeness (QED) is 0.842. The normalized spacial score (nSPS) is 31.3. The van der Waals surface area contributed by atoms with E-state index < -0.39 is 0 Å². The highest BCUT2D eigenvalue weighted by atomic mass is 32.2. The van der Waals surface area contributed by atoms with E-state index in [1.165, 1.54) is 12.8 Å². The third-order valence-corrected chi connectivity index (χ3v) is 5.43. The molecule has 0 aromatic heterocycles. The molecule has 5 heteroatoms. The molecule has 1 amide bonds. The summed E-state index contributed by atoms with van der Waals surface area (Å²) in [6.07, 6.45) is 6.11. The molecule has 4 nitrogen and oxygen atoms in total. The molecule has 20 heavy (non-hydrogen) atoms. The van der Waals surface area contributed by atoms with Gasteiger partial charge in [-0.15, -0.1) is 11.8 Å². The molecule has 0 spiro atoms. The Morgan fingerprint density at radius 1 is 1.40 bits per heavy atom. The second kappa shape index (κ2) is 8.25. The molecule has 116 valence electrons. The number of nitrogens with two attached hydrogens (primary N) is 1. The lowest BCUT2D eigenvalue weighted by atomic mass is 9.92. The summed E-state index contributed by atoms with van der Waals surface area (Å²) < 4.78 is 5.70. The van der Waals surface area contributed by atoms with E-state index in [-0.39, 0.29) is 11.9 Å². The van der Waals surface area contributed by atoms with Crippen LogP contribution in [0.5, 0.6) is 0 Å². The number of ether oxygens (including phenoxy) is 1. The molecule has 2 saturated heterocycles. The summed E-state index contributed by atoms with van der Waals surface area (Å²) in [5.74, 6) is 2.47. The van der Waals surface area contributed by atoms with E-state index in [2.05, 4.69) is 6.92 Å². The first-order valence-corrected chi connectivity index (χ1v) is 9.05. The van der Waals surface area contributed by atoms with Crippen LogP contribution in [0, 0.1) is 5.92 Å². The summed E-state index contributed by atoms with van der Waals surface area (Å²) in [5.41, 5.74) is 5.82. The molecule has 0 aromatic rings. The Kier molecular flexibility index (Phi) is 6.65. The number of thioether (sulfide) groups is 1. The Hall–Kier alpha value is -0.260. The molecule has 3 atom stereocenters. The number of rotatable bonds is 5. The predicted molar refractivity (Wildman–Crippen MR) is 83.9 cm³/mol. The fourth-order valence-corrected chi connectivity index (χ4v) is 4.09. The maximum atomic E-state index is 12.3. The lowest BCUT2D eigenvalue weighted by Crippen LogP contribution is -2.50. The second-order valence-corrected chi connectivity index (χ2v) is 7.14. The molecule has 2 fully saturated rings. The fourth-order valence-electron chi connectivity index (χ4n) is 3.10. The number of carbonyl (C=O) groups excluding carboxylic acids is 1. The third-order valence-electron chi connectivity index (χ3n) is 4.37. The van der Waals surface area contributed by atoms with Gasteiger partial charge in [0, 0.05) is 31.5 Å². The first kappa shape index (κ1) is 16.1. The minimum Gasteiger partial charge on any atom is -0.377 e. The van der Waals surface area contributed by atoms with Gasteiger partial charge >= 0.3 is 0 Å². The van der Waals surface area contributed by atoms with Crippen molar-refractivity contribution in [3.05, 3.63) is 0 Å². The molecule has 0 aromatic carbocycles. The van der Waals surface area contributed by atoms with Gasteiger partial charge in [-0.1, -0.05) is 6.92 Å². The highest BCUT2D eigenvalue weighted by Gasteiger charge is 2.28. The Balaban J connectivity index is 1.70. The van der Waals surface area contributed by atoms with E-state index in [1.54, 1.807) is 11.8 Å². The molecule has 2 N–H and O–H groups in total. The summed E-state index contributed by atoms with van der Waals surface area (Å²) in [5, 5.41) is 0. The summed E-state index contributed by atoms with van der Waals surface area (Å²) in [6, 6.07) is 0.248. The summed E-state index contributed by atoms with van der Waals surface area (Å²) >= 11 is 1.72. The molecule has 2 aliphatic heterocycles. The zero-order valence-electron chi connectivity index (χ0n) is 12.6. The van der Waals surface area contributed by atoms with Crippen molar-refractivity contribution in [1.29, 1.82) is 0 Å². The van der Waals surface area contributed by atoms with Gasteiger partial charge in [-0.2, -0.15) is 0 Å². The minimum absolute atomic E-state index is 0.248. The second-order valence-electron chi connectivity index (χ2n) is 6.11. The summed E-state index contributed by atoms with van der Waals surface area (Å²) in [4.78, 5) is 14.3. The molecule has 0 bridgehead atoms. The van der Waals surface area contributed by atoms with Crippen LogP contribution in [0.1, 0.15) is 39.0 Å². The van der Waals surface area contributed by atoms with Crippen molar-refractivity contribution in [3.8, 4) is 0 Å². The van der Waals surface area contributed by atoms with E-state index in [0.29, 0.717) is 24.3 Å². The SMILES string of the molecule is CC1CCN(C(=O)CSCC2CCCCO2)C(CN)C1. The molecule has 0 radical (unpaired) electrons. The average Bonchev–Trinajstić information content (AvgIpc) is 2.48. The van der Waals surface area contributed by atoms with Crippen LogP contribution >= 0.6 is 11.8 Å². The van der Waals surface area contributed by atoms with Crippen molar-refractivity contribution in [3.63, 3.8) is 0 Å². The highest BCUT2D eigenvalue weighted by Crippen LogP contribution is 2.23. The van der Waals surface area contributed by atoms with Crippen LogP contribution in [0.25, 0.3) is 0 Å². The Morgan fingerprint density at radius 2 is 2.25 bits per heavy atom. The van der Waals surface area contributed by atoms with Gasteiger partial charge in [0.25, 0.3) is 0 Å². The highest BCUT2D eigenvalue weighted by molar-refractivity contribution is 7.99. The van der Waals surface area contributed by atoms with Gasteiger partial charge in [-0.3, -0.25) is 4.79 Å².